The lowest BCUT2D eigenvalue weighted by atomic mass is 10.0. The fourth-order valence-corrected chi connectivity index (χ4v) is 3.34. The van der Waals surface area contributed by atoms with Gasteiger partial charge in [0.1, 0.15) is 11.6 Å². The highest BCUT2D eigenvalue weighted by atomic mass is 19.1. The zero-order valence-corrected chi connectivity index (χ0v) is 15.8. The molecule has 2 aromatic rings. The maximum Gasteiger partial charge on any atom is 0.261 e. The summed E-state index contributed by atoms with van der Waals surface area (Å²) >= 11 is 0. The van der Waals surface area contributed by atoms with Crippen LogP contribution >= 0.6 is 0 Å². The highest BCUT2D eigenvalue weighted by Gasteiger charge is 2.16. The molecule has 5 heteroatoms. The van der Waals surface area contributed by atoms with Crippen LogP contribution in [0, 0.1) is 5.82 Å². The maximum absolute atomic E-state index is 13.0. The van der Waals surface area contributed by atoms with Crippen LogP contribution in [0.15, 0.2) is 48.5 Å². The van der Waals surface area contributed by atoms with E-state index in [-0.39, 0.29) is 11.7 Å². The molecule has 0 unspecified atom stereocenters. The van der Waals surface area contributed by atoms with E-state index in [1.807, 2.05) is 12.1 Å². The number of carbonyl (C=O) groups is 1. The van der Waals surface area contributed by atoms with Gasteiger partial charge in [0.05, 0.1) is 0 Å². The van der Waals surface area contributed by atoms with E-state index in [0.717, 1.165) is 25.2 Å². The van der Waals surface area contributed by atoms with Gasteiger partial charge in [-0.25, -0.2) is 4.39 Å². The van der Waals surface area contributed by atoms with E-state index in [9.17, 15) is 9.18 Å². The maximum atomic E-state index is 13.0. The number of nitrogens with zero attached hydrogens (tertiary/aromatic N) is 1. The van der Waals surface area contributed by atoms with Crippen molar-refractivity contribution < 1.29 is 13.9 Å². The number of hydrogen-bond donors (Lipinski definition) is 1. The summed E-state index contributed by atoms with van der Waals surface area (Å²) in [6, 6.07) is 13.9. The third-order valence-electron chi connectivity index (χ3n) is 4.91. The second kappa shape index (κ2) is 9.51. The molecule has 1 amide bonds. The second-order valence-electron chi connectivity index (χ2n) is 7.04. The van der Waals surface area contributed by atoms with Crippen molar-refractivity contribution in [2.45, 2.75) is 45.4 Å². The Balaban J connectivity index is 1.54. The van der Waals surface area contributed by atoms with Crippen molar-refractivity contribution in [1.29, 1.82) is 0 Å². The van der Waals surface area contributed by atoms with Crippen LogP contribution in [0.1, 0.15) is 37.3 Å². The molecule has 1 aliphatic rings. The van der Waals surface area contributed by atoms with Gasteiger partial charge in [0.15, 0.2) is 6.10 Å². The van der Waals surface area contributed by atoms with Gasteiger partial charge < -0.3 is 10.1 Å². The van der Waals surface area contributed by atoms with Crippen molar-refractivity contribution in [2.24, 2.45) is 0 Å². The van der Waals surface area contributed by atoms with Gasteiger partial charge in [0.2, 0.25) is 0 Å². The molecule has 0 aliphatic carbocycles. The van der Waals surface area contributed by atoms with Gasteiger partial charge in [-0.2, -0.15) is 0 Å². The first-order valence-corrected chi connectivity index (χ1v) is 9.61. The molecule has 27 heavy (non-hydrogen) atoms. The average molecular weight is 370 g/mol. The predicted octanol–water partition coefficient (Wildman–Crippen LogP) is 3.90. The van der Waals surface area contributed by atoms with Crippen molar-refractivity contribution in [3.8, 4) is 5.75 Å². The van der Waals surface area contributed by atoms with E-state index in [1.165, 1.54) is 49.1 Å². The molecule has 0 saturated carbocycles. The lowest BCUT2D eigenvalue weighted by molar-refractivity contribution is -0.127. The van der Waals surface area contributed by atoms with Crippen LogP contribution in [-0.2, 0) is 17.9 Å². The van der Waals surface area contributed by atoms with Crippen molar-refractivity contribution >= 4 is 5.91 Å². The van der Waals surface area contributed by atoms with Crippen molar-refractivity contribution in [3.63, 3.8) is 0 Å². The largest absolute Gasteiger partial charge is 0.481 e. The third kappa shape index (κ3) is 5.79. The Morgan fingerprint density at radius 3 is 2.44 bits per heavy atom. The van der Waals surface area contributed by atoms with Crippen LogP contribution in [0.5, 0.6) is 5.75 Å². The summed E-state index contributed by atoms with van der Waals surface area (Å²) in [7, 11) is 0. The zero-order chi connectivity index (χ0) is 19.1. The minimum atomic E-state index is -0.648. The molecule has 0 spiro atoms. The van der Waals surface area contributed by atoms with Gasteiger partial charge >= 0.3 is 0 Å². The average Bonchev–Trinajstić information content (AvgIpc) is 2.69. The van der Waals surface area contributed by atoms with E-state index in [1.54, 1.807) is 6.92 Å². The molecular formula is C22H27FN2O2. The van der Waals surface area contributed by atoms with Crippen molar-refractivity contribution in [1.82, 2.24) is 10.2 Å². The molecule has 1 atom stereocenters. The third-order valence-corrected chi connectivity index (χ3v) is 4.91. The SMILES string of the molecule is C[C@H](Oc1ccc(F)cc1)C(=O)NCc1ccccc1CN1CCCCC1. The summed E-state index contributed by atoms with van der Waals surface area (Å²) < 4.78 is 18.5. The first-order chi connectivity index (χ1) is 13.1. The molecule has 0 bridgehead atoms. The number of halogens is 1. The van der Waals surface area contributed by atoms with Gasteiger partial charge in [-0.3, -0.25) is 9.69 Å². The lowest BCUT2D eigenvalue weighted by Gasteiger charge is -2.27. The van der Waals surface area contributed by atoms with Gasteiger partial charge in [-0.05, 0) is 68.2 Å². The summed E-state index contributed by atoms with van der Waals surface area (Å²) in [5, 5.41) is 2.95. The number of nitrogens with one attached hydrogen (secondary N) is 1. The quantitative estimate of drug-likeness (QED) is 0.804. The number of piperidine rings is 1. The Morgan fingerprint density at radius 1 is 1.07 bits per heavy atom. The molecule has 1 aliphatic heterocycles. The minimum Gasteiger partial charge on any atom is -0.481 e. The summed E-state index contributed by atoms with van der Waals surface area (Å²) in [6.45, 7) is 5.37. The van der Waals surface area contributed by atoms with Crippen LogP contribution in [0.2, 0.25) is 0 Å². The molecule has 1 N–H and O–H groups in total. The van der Waals surface area contributed by atoms with Crippen LogP contribution in [0.3, 0.4) is 0 Å². The first kappa shape index (κ1) is 19.4. The van der Waals surface area contributed by atoms with Crippen molar-refractivity contribution in [2.75, 3.05) is 13.1 Å². The summed E-state index contributed by atoms with van der Waals surface area (Å²) in [5.74, 6) is -0.0404. The van der Waals surface area contributed by atoms with Gasteiger partial charge in [-0.1, -0.05) is 30.7 Å². The van der Waals surface area contributed by atoms with Gasteiger partial charge in [0, 0.05) is 13.1 Å². The van der Waals surface area contributed by atoms with E-state index in [0.29, 0.717) is 12.3 Å². The monoisotopic (exact) mass is 370 g/mol. The molecule has 0 aromatic heterocycles. The number of amides is 1. The van der Waals surface area contributed by atoms with Crippen LogP contribution in [-0.4, -0.2) is 30.0 Å². The molecule has 1 saturated heterocycles. The Morgan fingerprint density at radius 2 is 1.74 bits per heavy atom. The van der Waals surface area contributed by atoms with E-state index < -0.39 is 6.10 Å². The number of benzene rings is 2. The topological polar surface area (TPSA) is 41.6 Å². The highest BCUT2D eigenvalue weighted by Crippen LogP contribution is 2.17. The van der Waals surface area contributed by atoms with E-state index in [4.69, 9.17) is 4.74 Å². The summed E-state index contributed by atoms with van der Waals surface area (Å²) in [5.41, 5.74) is 2.39. The molecule has 4 nitrogen and oxygen atoms in total. The number of ether oxygens (including phenoxy) is 1. The molecule has 2 aromatic carbocycles. The normalized spacial score (nSPS) is 15.9. The molecule has 144 valence electrons. The van der Waals surface area contributed by atoms with Gasteiger partial charge in [-0.15, -0.1) is 0 Å². The van der Waals surface area contributed by atoms with Crippen LogP contribution < -0.4 is 10.1 Å². The lowest BCUT2D eigenvalue weighted by Crippen LogP contribution is -2.36. The number of carbonyl (C=O) groups excluding carboxylic acids is 1. The zero-order valence-electron chi connectivity index (χ0n) is 15.8. The number of hydrogen-bond acceptors (Lipinski definition) is 3. The standard InChI is InChI=1S/C22H27FN2O2/c1-17(27-21-11-9-20(23)10-12-21)22(26)24-15-18-7-3-4-8-19(18)16-25-13-5-2-6-14-25/h3-4,7-12,17H,2,5-6,13-16H2,1H3,(H,24,26)/t17-/m0/s1. The molecule has 3 rings (SSSR count). The van der Waals surface area contributed by atoms with Crippen molar-refractivity contribution in [3.05, 3.63) is 65.5 Å². The fourth-order valence-electron chi connectivity index (χ4n) is 3.34. The second-order valence-corrected chi connectivity index (χ2v) is 7.04. The predicted molar refractivity (Wildman–Crippen MR) is 104 cm³/mol. The Bertz CT molecular complexity index is 742. The van der Waals surface area contributed by atoms with E-state index in [2.05, 4.69) is 22.3 Å². The Labute approximate surface area is 160 Å². The molecular weight excluding hydrogens is 343 g/mol. The molecule has 1 fully saturated rings. The smallest absolute Gasteiger partial charge is 0.261 e. The Hall–Kier alpha value is -2.40. The van der Waals surface area contributed by atoms with Crippen LogP contribution in [0.25, 0.3) is 0 Å². The molecule has 0 radical (unpaired) electrons. The molecule has 1 heterocycles. The fraction of sp³-hybridized carbons (Fsp3) is 0.409. The summed E-state index contributed by atoms with van der Waals surface area (Å²) in [4.78, 5) is 14.8. The van der Waals surface area contributed by atoms with E-state index >= 15 is 0 Å². The highest BCUT2D eigenvalue weighted by molar-refractivity contribution is 5.80. The first-order valence-electron chi connectivity index (χ1n) is 9.61. The number of rotatable bonds is 7. The number of likely N-dealkylation sites (tertiary alicyclic amines) is 1. The van der Waals surface area contributed by atoms with Gasteiger partial charge in [0.25, 0.3) is 5.91 Å². The van der Waals surface area contributed by atoms with Crippen LogP contribution in [0.4, 0.5) is 4.39 Å². The Kier molecular flexibility index (Phi) is 6.82. The minimum absolute atomic E-state index is 0.188. The summed E-state index contributed by atoms with van der Waals surface area (Å²) in [6.07, 6.45) is 3.19.